The van der Waals surface area contributed by atoms with Gasteiger partial charge in [-0.2, -0.15) is 5.10 Å². The number of ether oxygens (including phenoxy) is 2. The summed E-state index contributed by atoms with van der Waals surface area (Å²) in [5, 5.41) is 13.1. The number of aliphatic hydroxyl groups excluding tert-OH is 1. The van der Waals surface area contributed by atoms with E-state index < -0.39 is 0 Å². The van der Waals surface area contributed by atoms with E-state index in [4.69, 9.17) is 14.6 Å². The Labute approximate surface area is 122 Å². The third-order valence-corrected chi connectivity index (χ3v) is 3.25. The number of nitrogens with zero attached hydrogens (tertiary/aromatic N) is 2. The van der Waals surface area contributed by atoms with Crippen molar-refractivity contribution in [2.24, 2.45) is 0 Å². The number of aliphatic hydroxyl groups is 1. The Morgan fingerprint density at radius 2 is 1.86 bits per heavy atom. The monoisotopic (exact) mass is 284 g/mol. The number of pyridine rings is 1. The van der Waals surface area contributed by atoms with Gasteiger partial charge in [0.05, 0.1) is 31.6 Å². The minimum absolute atomic E-state index is 0.0115. The number of hydrogen-bond donors (Lipinski definition) is 1. The molecule has 2 heterocycles. The molecule has 0 saturated heterocycles. The van der Waals surface area contributed by atoms with Crippen molar-refractivity contribution in [3.8, 4) is 22.6 Å². The van der Waals surface area contributed by atoms with Crippen LogP contribution in [-0.2, 0) is 0 Å². The zero-order valence-electron chi connectivity index (χ0n) is 11.7. The standard InChI is InChI=1S/C16H16N2O3/c1-20-14-6-7-16-15(10-17-18(16)11-14)12-2-4-13(5-3-12)21-9-8-19/h2-7,10-11,19H,8-9H2,1H3. The first kappa shape index (κ1) is 13.5. The van der Waals surface area contributed by atoms with Crippen molar-refractivity contribution in [1.82, 2.24) is 9.61 Å². The van der Waals surface area contributed by atoms with E-state index >= 15 is 0 Å². The second-order valence-electron chi connectivity index (χ2n) is 4.55. The quantitative estimate of drug-likeness (QED) is 0.781. The van der Waals surface area contributed by atoms with E-state index in [1.54, 1.807) is 11.6 Å². The normalized spacial score (nSPS) is 10.8. The fourth-order valence-corrected chi connectivity index (χ4v) is 2.20. The largest absolute Gasteiger partial charge is 0.495 e. The molecule has 5 heteroatoms. The van der Waals surface area contributed by atoms with Gasteiger partial charge in [-0.15, -0.1) is 0 Å². The van der Waals surface area contributed by atoms with Crippen LogP contribution in [0.3, 0.4) is 0 Å². The summed E-state index contributed by atoms with van der Waals surface area (Å²) in [6, 6.07) is 11.6. The van der Waals surface area contributed by atoms with Crippen LogP contribution in [0.1, 0.15) is 0 Å². The molecule has 0 amide bonds. The van der Waals surface area contributed by atoms with E-state index in [2.05, 4.69) is 5.10 Å². The first-order valence-electron chi connectivity index (χ1n) is 6.67. The van der Waals surface area contributed by atoms with Crippen LogP contribution >= 0.6 is 0 Å². The molecule has 0 aliphatic carbocycles. The molecule has 0 radical (unpaired) electrons. The van der Waals surface area contributed by atoms with Gasteiger partial charge in [-0.1, -0.05) is 12.1 Å². The number of hydrogen-bond acceptors (Lipinski definition) is 4. The second-order valence-corrected chi connectivity index (χ2v) is 4.55. The first-order valence-corrected chi connectivity index (χ1v) is 6.67. The Hall–Kier alpha value is -2.53. The number of fused-ring (bicyclic) bond motifs is 1. The third kappa shape index (κ3) is 2.68. The van der Waals surface area contributed by atoms with Crippen molar-refractivity contribution in [3.63, 3.8) is 0 Å². The highest BCUT2D eigenvalue weighted by Gasteiger charge is 2.07. The molecule has 0 unspecified atom stereocenters. The average Bonchev–Trinajstić information content (AvgIpc) is 2.96. The molecule has 0 bridgehead atoms. The van der Waals surface area contributed by atoms with Crippen LogP contribution in [0.15, 0.2) is 48.8 Å². The maximum Gasteiger partial charge on any atom is 0.137 e. The topological polar surface area (TPSA) is 56.0 Å². The van der Waals surface area contributed by atoms with Crippen LogP contribution in [0.2, 0.25) is 0 Å². The Balaban J connectivity index is 1.93. The van der Waals surface area contributed by atoms with Crippen LogP contribution in [0.25, 0.3) is 16.6 Å². The van der Waals surface area contributed by atoms with Crippen molar-refractivity contribution in [3.05, 3.63) is 48.8 Å². The van der Waals surface area contributed by atoms with E-state index in [-0.39, 0.29) is 6.61 Å². The van der Waals surface area contributed by atoms with Gasteiger partial charge in [0.15, 0.2) is 0 Å². The van der Waals surface area contributed by atoms with Gasteiger partial charge in [0.25, 0.3) is 0 Å². The van der Waals surface area contributed by atoms with E-state index in [1.807, 2.05) is 48.8 Å². The molecule has 0 aliphatic rings. The predicted molar refractivity (Wildman–Crippen MR) is 79.8 cm³/mol. The summed E-state index contributed by atoms with van der Waals surface area (Å²) in [4.78, 5) is 0. The summed E-state index contributed by atoms with van der Waals surface area (Å²) in [5.74, 6) is 1.51. The second kappa shape index (κ2) is 5.85. The van der Waals surface area contributed by atoms with Gasteiger partial charge in [-0.05, 0) is 29.8 Å². The number of benzene rings is 1. The van der Waals surface area contributed by atoms with Crippen LogP contribution in [0.5, 0.6) is 11.5 Å². The summed E-state index contributed by atoms with van der Waals surface area (Å²) < 4.78 is 12.3. The molecule has 2 aromatic heterocycles. The molecule has 0 aliphatic heterocycles. The van der Waals surface area contributed by atoms with Gasteiger partial charge in [-0.25, -0.2) is 4.52 Å². The molecule has 1 aromatic carbocycles. The maximum atomic E-state index is 8.75. The van der Waals surface area contributed by atoms with Crippen molar-refractivity contribution in [2.75, 3.05) is 20.3 Å². The molecule has 21 heavy (non-hydrogen) atoms. The van der Waals surface area contributed by atoms with E-state index in [0.29, 0.717) is 6.61 Å². The Kier molecular flexibility index (Phi) is 3.75. The SMILES string of the molecule is COc1ccc2c(-c3ccc(OCCO)cc3)cnn2c1. The van der Waals surface area contributed by atoms with Crippen molar-refractivity contribution < 1.29 is 14.6 Å². The molecule has 3 rings (SSSR count). The maximum absolute atomic E-state index is 8.75. The van der Waals surface area contributed by atoms with Crippen LogP contribution in [0.4, 0.5) is 0 Å². The average molecular weight is 284 g/mol. The van der Waals surface area contributed by atoms with Crippen molar-refractivity contribution in [2.45, 2.75) is 0 Å². The van der Waals surface area contributed by atoms with Gasteiger partial charge in [0.1, 0.15) is 18.1 Å². The van der Waals surface area contributed by atoms with Gasteiger partial charge >= 0.3 is 0 Å². The highest BCUT2D eigenvalue weighted by Crippen LogP contribution is 2.27. The molecule has 3 aromatic rings. The zero-order chi connectivity index (χ0) is 14.7. The zero-order valence-corrected chi connectivity index (χ0v) is 11.7. The predicted octanol–water partition coefficient (Wildman–Crippen LogP) is 2.38. The van der Waals surface area contributed by atoms with Gasteiger partial charge < -0.3 is 14.6 Å². The van der Waals surface area contributed by atoms with Gasteiger partial charge in [-0.3, -0.25) is 0 Å². The van der Waals surface area contributed by atoms with Gasteiger partial charge in [0, 0.05) is 5.56 Å². The van der Waals surface area contributed by atoms with Crippen LogP contribution < -0.4 is 9.47 Å². The lowest BCUT2D eigenvalue weighted by atomic mass is 10.1. The van der Waals surface area contributed by atoms with Crippen molar-refractivity contribution >= 4 is 5.52 Å². The number of aromatic nitrogens is 2. The van der Waals surface area contributed by atoms with Crippen molar-refractivity contribution in [1.29, 1.82) is 0 Å². The third-order valence-electron chi connectivity index (χ3n) is 3.25. The summed E-state index contributed by atoms with van der Waals surface area (Å²) in [7, 11) is 1.64. The summed E-state index contributed by atoms with van der Waals surface area (Å²) in [5.41, 5.74) is 3.12. The van der Waals surface area contributed by atoms with Gasteiger partial charge in [0.2, 0.25) is 0 Å². The highest BCUT2D eigenvalue weighted by molar-refractivity contribution is 5.80. The molecule has 0 atom stereocenters. The number of methoxy groups -OCH3 is 1. The van der Waals surface area contributed by atoms with E-state index in [1.165, 1.54) is 0 Å². The molecule has 108 valence electrons. The fraction of sp³-hybridized carbons (Fsp3) is 0.188. The fourth-order valence-electron chi connectivity index (χ4n) is 2.20. The highest BCUT2D eigenvalue weighted by atomic mass is 16.5. The smallest absolute Gasteiger partial charge is 0.137 e. The Morgan fingerprint density at radius 3 is 2.57 bits per heavy atom. The lowest BCUT2D eigenvalue weighted by molar-refractivity contribution is 0.201. The molecular weight excluding hydrogens is 268 g/mol. The summed E-state index contributed by atoms with van der Waals surface area (Å²) in [6.45, 7) is 0.313. The lowest BCUT2D eigenvalue weighted by Crippen LogP contribution is -2.01. The van der Waals surface area contributed by atoms with E-state index in [0.717, 1.165) is 28.1 Å². The van der Waals surface area contributed by atoms with E-state index in [9.17, 15) is 0 Å². The minimum Gasteiger partial charge on any atom is -0.495 e. The molecular formula is C16H16N2O3. The molecule has 1 N–H and O–H groups in total. The van der Waals surface area contributed by atoms with Crippen LogP contribution in [0, 0.1) is 0 Å². The molecule has 0 spiro atoms. The summed E-state index contributed by atoms with van der Waals surface area (Å²) >= 11 is 0. The number of rotatable bonds is 5. The first-order chi connectivity index (χ1) is 10.3. The Morgan fingerprint density at radius 1 is 1.10 bits per heavy atom. The molecule has 0 fully saturated rings. The Bertz CT molecular complexity index is 735. The van der Waals surface area contributed by atoms with Crippen LogP contribution in [-0.4, -0.2) is 35.0 Å². The summed E-state index contributed by atoms with van der Waals surface area (Å²) in [6.07, 6.45) is 3.68. The molecule has 5 nitrogen and oxygen atoms in total. The minimum atomic E-state index is 0.0115. The lowest BCUT2D eigenvalue weighted by Gasteiger charge is -2.05. The molecule has 0 saturated carbocycles.